The van der Waals surface area contributed by atoms with Crippen molar-refractivity contribution in [1.82, 2.24) is 20.3 Å². The number of carbonyl (C=O) groups is 2. The van der Waals surface area contributed by atoms with Gasteiger partial charge in [0.15, 0.2) is 0 Å². The van der Waals surface area contributed by atoms with Crippen molar-refractivity contribution in [2.45, 2.75) is 19.9 Å². The van der Waals surface area contributed by atoms with Crippen molar-refractivity contribution in [2.24, 2.45) is 0 Å². The SMILES string of the molecule is Cc1ncc(C(=O)N2CCc3cc(C(=O)NO)sc3C2)c(-c2ccccc2)n1. The number of nitrogens with one attached hydrogen (secondary N) is 1. The van der Waals surface area contributed by atoms with Gasteiger partial charge >= 0.3 is 0 Å². The van der Waals surface area contributed by atoms with Gasteiger partial charge in [0, 0.05) is 23.2 Å². The van der Waals surface area contributed by atoms with E-state index in [4.69, 9.17) is 5.21 Å². The summed E-state index contributed by atoms with van der Waals surface area (Å²) >= 11 is 1.29. The van der Waals surface area contributed by atoms with E-state index in [1.807, 2.05) is 30.3 Å². The number of hydrogen-bond acceptors (Lipinski definition) is 6. The third-order valence-corrected chi connectivity index (χ3v) is 5.84. The van der Waals surface area contributed by atoms with Crippen LogP contribution in [-0.2, 0) is 13.0 Å². The second kappa shape index (κ2) is 7.49. The van der Waals surface area contributed by atoms with Crippen LogP contribution in [0.15, 0.2) is 42.6 Å². The Morgan fingerprint density at radius 3 is 2.79 bits per heavy atom. The number of amides is 2. The lowest BCUT2D eigenvalue weighted by molar-refractivity contribution is 0.0709. The highest BCUT2D eigenvalue weighted by Crippen LogP contribution is 2.30. The van der Waals surface area contributed by atoms with E-state index in [2.05, 4.69) is 9.97 Å². The molecular weight excluding hydrogens is 376 g/mol. The topological polar surface area (TPSA) is 95.4 Å². The summed E-state index contributed by atoms with van der Waals surface area (Å²) in [6.07, 6.45) is 2.24. The van der Waals surface area contributed by atoms with E-state index < -0.39 is 5.91 Å². The van der Waals surface area contributed by atoms with Crippen LogP contribution in [0.4, 0.5) is 0 Å². The lowest BCUT2D eigenvalue weighted by Crippen LogP contribution is -2.35. The summed E-state index contributed by atoms with van der Waals surface area (Å²) in [7, 11) is 0. The first-order valence-corrected chi connectivity index (χ1v) is 9.63. The molecule has 4 rings (SSSR count). The van der Waals surface area contributed by atoms with Gasteiger partial charge < -0.3 is 4.90 Å². The molecule has 0 saturated heterocycles. The molecule has 0 aliphatic carbocycles. The van der Waals surface area contributed by atoms with E-state index in [9.17, 15) is 9.59 Å². The molecule has 0 atom stereocenters. The van der Waals surface area contributed by atoms with E-state index in [1.54, 1.807) is 29.6 Å². The first-order chi connectivity index (χ1) is 13.6. The molecular formula is C20H18N4O3S. The van der Waals surface area contributed by atoms with E-state index in [0.717, 1.165) is 16.0 Å². The summed E-state index contributed by atoms with van der Waals surface area (Å²) in [5, 5.41) is 8.83. The molecule has 3 heterocycles. The Morgan fingerprint density at radius 2 is 2.04 bits per heavy atom. The second-order valence-corrected chi connectivity index (χ2v) is 7.66. The molecule has 2 aromatic heterocycles. The van der Waals surface area contributed by atoms with Crippen molar-refractivity contribution < 1.29 is 14.8 Å². The second-order valence-electron chi connectivity index (χ2n) is 6.52. The summed E-state index contributed by atoms with van der Waals surface area (Å²) in [5.74, 6) is -0.0594. The van der Waals surface area contributed by atoms with Crippen LogP contribution in [0, 0.1) is 6.92 Å². The quantitative estimate of drug-likeness (QED) is 0.526. The lowest BCUT2D eigenvalue weighted by atomic mass is 10.0. The fourth-order valence-electron chi connectivity index (χ4n) is 3.27. The van der Waals surface area contributed by atoms with Gasteiger partial charge in [-0.3, -0.25) is 14.8 Å². The van der Waals surface area contributed by atoms with E-state index in [0.29, 0.717) is 41.5 Å². The van der Waals surface area contributed by atoms with Crippen LogP contribution < -0.4 is 5.48 Å². The van der Waals surface area contributed by atoms with Crippen LogP contribution in [0.5, 0.6) is 0 Å². The molecule has 0 saturated carbocycles. The van der Waals surface area contributed by atoms with Crippen molar-refractivity contribution in [3.8, 4) is 11.3 Å². The molecule has 0 radical (unpaired) electrons. The highest BCUT2D eigenvalue weighted by Gasteiger charge is 2.27. The van der Waals surface area contributed by atoms with E-state index in [-0.39, 0.29) is 5.91 Å². The van der Waals surface area contributed by atoms with Crippen molar-refractivity contribution in [3.63, 3.8) is 0 Å². The van der Waals surface area contributed by atoms with Crippen LogP contribution in [0.3, 0.4) is 0 Å². The number of fused-ring (bicyclic) bond motifs is 1. The molecule has 28 heavy (non-hydrogen) atoms. The first kappa shape index (κ1) is 18.3. The van der Waals surface area contributed by atoms with Gasteiger partial charge in [0.1, 0.15) is 5.82 Å². The number of thiophene rings is 1. The Balaban J connectivity index is 1.64. The molecule has 7 nitrogen and oxygen atoms in total. The number of hydroxylamine groups is 1. The molecule has 0 spiro atoms. The van der Waals surface area contributed by atoms with Gasteiger partial charge in [0.25, 0.3) is 11.8 Å². The first-order valence-electron chi connectivity index (χ1n) is 8.81. The Hall–Kier alpha value is -3.10. The maximum absolute atomic E-state index is 13.2. The monoisotopic (exact) mass is 394 g/mol. The maximum atomic E-state index is 13.2. The Bertz CT molecular complexity index is 1050. The maximum Gasteiger partial charge on any atom is 0.284 e. The molecule has 0 bridgehead atoms. The van der Waals surface area contributed by atoms with Gasteiger partial charge in [-0.1, -0.05) is 30.3 Å². The predicted octanol–water partition coefficient (Wildman–Crippen LogP) is 2.83. The molecule has 2 N–H and O–H groups in total. The number of hydrogen-bond donors (Lipinski definition) is 2. The molecule has 0 unspecified atom stereocenters. The average molecular weight is 394 g/mol. The normalized spacial score (nSPS) is 13.1. The van der Waals surface area contributed by atoms with Gasteiger partial charge in [0.05, 0.1) is 22.7 Å². The number of rotatable bonds is 3. The van der Waals surface area contributed by atoms with E-state index in [1.165, 1.54) is 11.3 Å². The number of aromatic nitrogens is 2. The van der Waals surface area contributed by atoms with Gasteiger partial charge in [0.2, 0.25) is 0 Å². The van der Waals surface area contributed by atoms with Crippen molar-refractivity contribution in [3.05, 3.63) is 69.3 Å². The summed E-state index contributed by atoms with van der Waals surface area (Å²) in [6.45, 7) is 2.76. The number of benzene rings is 1. The van der Waals surface area contributed by atoms with E-state index >= 15 is 0 Å². The largest absolute Gasteiger partial charge is 0.333 e. The van der Waals surface area contributed by atoms with Gasteiger partial charge in [-0.2, -0.15) is 0 Å². The Morgan fingerprint density at radius 1 is 1.25 bits per heavy atom. The van der Waals surface area contributed by atoms with Crippen LogP contribution in [0.1, 0.15) is 36.3 Å². The molecule has 0 fully saturated rings. The van der Waals surface area contributed by atoms with Crippen LogP contribution in [-0.4, -0.2) is 38.4 Å². The van der Waals surface area contributed by atoms with Gasteiger partial charge in [-0.15, -0.1) is 11.3 Å². The minimum absolute atomic E-state index is 0.133. The number of nitrogens with zero attached hydrogens (tertiary/aromatic N) is 3. The zero-order valence-electron chi connectivity index (χ0n) is 15.2. The molecule has 3 aromatic rings. The lowest BCUT2D eigenvalue weighted by Gasteiger charge is -2.27. The molecule has 142 valence electrons. The smallest absolute Gasteiger partial charge is 0.284 e. The third kappa shape index (κ3) is 3.39. The molecule has 2 amide bonds. The fraction of sp³-hybridized carbons (Fsp3) is 0.200. The van der Waals surface area contributed by atoms with Crippen LogP contribution in [0.25, 0.3) is 11.3 Å². The molecule has 1 aliphatic rings. The summed E-state index contributed by atoms with van der Waals surface area (Å²) in [4.78, 5) is 36.8. The third-order valence-electron chi connectivity index (χ3n) is 4.68. The highest BCUT2D eigenvalue weighted by atomic mass is 32.1. The zero-order valence-corrected chi connectivity index (χ0v) is 16.0. The minimum Gasteiger partial charge on any atom is -0.333 e. The average Bonchev–Trinajstić information content (AvgIpc) is 3.16. The number of aryl methyl sites for hydroxylation is 1. The van der Waals surface area contributed by atoms with Crippen molar-refractivity contribution in [2.75, 3.05) is 6.54 Å². The summed E-state index contributed by atoms with van der Waals surface area (Å²) in [5.41, 5.74) is 4.65. The molecule has 1 aromatic carbocycles. The molecule has 1 aliphatic heterocycles. The fourth-order valence-corrected chi connectivity index (χ4v) is 4.39. The minimum atomic E-state index is -0.532. The number of carbonyl (C=O) groups excluding carboxylic acids is 2. The standard InChI is InChI=1S/C20H18N4O3S/c1-12-21-10-15(18(22-12)13-5-3-2-4-6-13)20(26)24-8-7-14-9-16(19(25)23-27)28-17(14)11-24/h2-6,9-10,27H,7-8,11H2,1H3,(H,23,25). The Kier molecular flexibility index (Phi) is 4.89. The zero-order chi connectivity index (χ0) is 19.7. The summed E-state index contributed by atoms with van der Waals surface area (Å²) in [6, 6.07) is 11.4. The Labute approximate surface area is 165 Å². The van der Waals surface area contributed by atoms with Crippen LogP contribution in [0.2, 0.25) is 0 Å². The van der Waals surface area contributed by atoms with Crippen molar-refractivity contribution >= 4 is 23.2 Å². The van der Waals surface area contributed by atoms with Gasteiger partial charge in [-0.25, -0.2) is 15.4 Å². The van der Waals surface area contributed by atoms with Gasteiger partial charge in [-0.05, 0) is 25.0 Å². The van der Waals surface area contributed by atoms with Crippen molar-refractivity contribution in [1.29, 1.82) is 0 Å². The predicted molar refractivity (Wildman–Crippen MR) is 104 cm³/mol. The van der Waals surface area contributed by atoms with Crippen LogP contribution >= 0.6 is 11.3 Å². The highest BCUT2D eigenvalue weighted by molar-refractivity contribution is 7.14. The summed E-state index contributed by atoms with van der Waals surface area (Å²) < 4.78 is 0. The molecule has 8 heteroatoms.